The van der Waals surface area contributed by atoms with Gasteiger partial charge >= 0.3 is 0 Å². The molecule has 1 saturated heterocycles. The largest absolute Gasteiger partial charge is 0.383 e. The molecule has 0 amide bonds. The van der Waals surface area contributed by atoms with Gasteiger partial charge in [-0.25, -0.2) is 0 Å². The summed E-state index contributed by atoms with van der Waals surface area (Å²) in [4.78, 5) is 2.63. The van der Waals surface area contributed by atoms with Crippen LogP contribution in [0.1, 0.15) is 39.5 Å². The Morgan fingerprint density at radius 3 is 2.38 bits per heavy atom. The zero-order valence-electron chi connectivity index (χ0n) is 11.2. The molecule has 0 saturated carbocycles. The van der Waals surface area contributed by atoms with Crippen molar-refractivity contribution in [3.63, 3.8) is 0 Å². The Kier molecular flexibility index (Phi) is 7.01. The number of hydrogen-bond donors (Lipinski definition) is 1. The Labute approximate surface area is 101 Å². The summed E-state index contributed by atoms with van der Waals surface area (Å²) in [7, 11) is 1.78. The van der Waals surface area contributed by atoms with Crippen LogP contribution in [0.4, 0.5) is 0 Å². The first kappa shape index (κ1) is 13.9. The monoisotopic (exact) mass is 228 g/mol. The number of nitrogens with one attached hydrogen (secondary N) is 1. The van der Waals surface area contributed by atoms with Crippen LogP contribution in [0.15, 0.2) is 0 Å². The van der Waals surface area contributed by atoms with Crippen molar-refractivity contribution in [2.45, 2.75) is 51.6 Å². The van der Waals surface area contributed by atoms with Crippen LogP contribution in [0.2, 0.25) is 0 Å². The Balaban J connectivity index is 2.26. The molecular formula is C13H28N2O. The highest BCUT2D eigenvalue weighted by Crippen LogP contribution is 2.13. The fourth-order valence-corrected chi connectivity index (χ4v) is 2.46. The summed E-state index contributed by atoms with van der Waals surface area (Å²) in [5, 5.41) is 3.63. The molecule has 1 heterocycles. The second-order valence-corrected chi connectivity index (χ2v) is 4.77. The number of ether oxygens (including phenoxy) is 1. The second-order valence-electron chi connectivity index (χ2n) is 4.77. The maximum absolute atomic E-state index is 5.21. The average molecular weight is 228 g/mol. The number of rotatable bonds is 8. The topological polar surface area (TPSA) is 24.5 Å². The van der Waals surface area contributed by atoms with E-state index in [1.54, 1.807) is 7.11 Å². The first-order valence-corrected chi connectivity index (χ1v) is 6.78. The summed E-state index contributed by atoms with van der Waals surface area (Å²) in [5.74, 6) is 0. The van der Waals surface area contributed by atoms with Crippen molar-refractivity contribution in [3.05, 3.63) is 0 Å². The van der Waals surface area contributed by atoms with Crippen LogP contribution in [-0.4, -0.2) is 50.3 Å². The lowest BCUT2D eigenvalue weighted by Crippen LogP contribution is -2.44. The van der Waals surface area contributed by atoms with Crippen molar-refractivity contribution in [3.8, 4) is 0 Å². The van der Waals surface area contributed by atoms with E-state index >= 15 is 0 Å². The third-order valence-electron chi connectivity index (χ3n) is 3.63. The average Bonchev–Trinajstić information content (AvgIpc) is 2.82. The summed E-state index contributed by atoms with van der Waals surface area (Å²) in [6.07, 6.45) is 5.15. The van der Waals surface area contributed by atoms with Crippen LogP contribution in [0, 0.1) is 0 Å². The fourth-order valence-electron chi connectivity index (χ4n) is 2.46. The molecule has 1 aliphatic heterocycles. The van der Waals surface area contributed by atoms with Crippen molar-refractivity contribution in [2.75, 3.05) is 33.4 Å². The van der Waals surface area contributed by atoms with Crippen LogP contribution in [-0.2, 0) is 4.74 Å². The minimum absolute atomic E-state index is 0.515. The summed E-state index contributed by atoms with van der Waals surface area (Å²) in [6.45, 7) is 9.03. The first-order valence-electron chi connectivity index (χ1n) is 6.78. The van der Waals surface area contributed by atoms with Gasteiger partial charge in [0, 0.05) is 25.7 Å². The maximum Gasteiger partial charge on any atom is 0.0615 e. The normalized spacial score (nSPS) is 21.2. The molecule has 0 aliphatic carbocycles. The quantitative estimate of drug-likeness (QED) is 0.686. The van der Waals surface area contributed by atoms with Crippen LogP contribution in [0.3, 0.4) is 0 Å². The van der Waals surface area contributed by atoms with Gasteiger partial charge in [0.25, 0.3) is 0 Å². The second kappa shape index (κ2) is 8.04. The summed E-state index contributed by atoms with van der Waals surface area (Å²) >= 11 is 0. The molecule has 1 fully saturated rings. The van der Waals surface area contributed by atoms with E-state index in [0.29, 0.717) is 12.1 Å². The molecule has 3 nitrogen and oxygen atoms in total. The summed E-state index contributed by atoms with van der Waals surface area (Å²) in [6, 6.07) is 1.23. The third kappa shape index (κ3) is 4.40. The first-order chi connectivity index (χ1) is 7.81. The number of methoxy groups -OCH3 is 1. The Morgan fingerprint density at radius 1 is 1.19 bits per heavy atom. The van der Waals surface area contributed by atoms with Gasteiger partial charge in [-0.15, -0.1) is 0 Å². The zero-order valence-corrected chi connectivity index (χ0v) is 11.2. The lowest BCUT2D eigenvalue weighted by atomic mass is 10.1. The van der Waals surface area contributed by atoms with Gasteiger partial charge in [-0.1, -0.05) is 13.8 Å². The van der Waals surface area contributed by atoms with E-state index in [-0.39, 0.29) is 0 Å². The van der Waals surface area contributed by atoms with Crippen molar-refractivity contribution in [1.82, 2.24) is 10.2 Å². The molecule has 0 radical (unpaired) electrons. The van der Waals surface area contributed by atoms with Crippen molar-refractivity contribution in [2.24, 2.45) is 0 Å². The molecule has 3 heteroatoms. The molecule has 0 bridgehead atoms. The number of likely N-dealkylation sites (tertiary alicyclic amines) is 1. The number of hydrogen-bond acceptors (Lipinski definition) is 3. The molecule has 2 unspecified atom stereocenters. The Hall–Kier alpha value is -0.120. The summed E-state index contributed by atoms with van der Waals surface area (Å²) in [5.41, 5.74) is 0. The highest BCUT2D eigenvalue weighted by molar-refractivity contribution is 4.78. The molecule has 0 aromatic rings. The van der Waals surface area contributed by atoms with Gasteiger partial charge in [-0.05, 0) is 38.8 Å². The van der Waals surface area contributed by atoms with Crippen molar-refractivity contribution in [1.29, 1.82) is 0 Å². The molecule has 2 atom stereocenters. The molecule has 0 aromatic carbocycles. The minimum atomic E-state index is 0.515. The zero-order chi connectivity index (χ0) is 11.8. The van der Waals surface area contributed by atoms with E-state index < -0.39 is 0 Å². The van der Waals surface area contributed by atoms with Gasteiger partial charge in [-0.3, -0.25) is 4.90 Å². The van der Waals surface area contributed by atoms with Gasteiger partial charge < -0.3 is 10.1 Å². The van der Waals surface area contributed by atoms with Crippen molar-refractivity contribution >= 4 is 0 Å². The SMILES string of the molecule is CCC(COC)NCC(CC)N1CCCC1. The maximum atomic E-state index is 5.21. The van der Waals surface area contributed by atoms with Crippen LogP contribution in [0.5, 0.6) is 0 Å². The third-order valence-corrected chi connectivity index (χ3v) is 3.63. The van der Waals surface area contributed by atoms with E-state index in [0.717, 1.165) is 19.6 Å². The Morgan fingerprint density at radius 2 is 1.88 bits per heavy atom. The lowest BCUT2D eigenvalue weighted by Gasteiger charge is -2.28. The minimum Gasteiger partial charge on any atom is -0.383 e. The van der Waals surface area contributed by atoms with E-state index in [1.807, 2.05) is 0 Å². The fraction of sp³-hybridized carbons (Fsp3) is 1.00. The van der Waals surface area contributed by atoms with E-state index in [2.05, 4.69) is 24.1 Å². The van der Waals surface area contributed by atoms with E-state index in [4.69, 9.17) is 4.74 Å². The molecule has 1 N–H and O–H groups in total. The van der Waals surface area contributed by atoms with E-state index in [1.165, 1.54) is 32.4 Å². The smallest absolute Gasteiger partial charge is 0.0615 e. The standard InChI is InChI=1S/C13H28N2O/c1-4-12(11-16-3)14-10-13(5-2)15-8-6-7-9-15/h12-14H,4-11H2,1-3H3. The van der Waals surface area contributed by atoms with Gasteiger partial charge in [0.15, 0.2) is 0 Å². The lowest BCUT2D eigenvalue weighted by molar-refractivity contribution is 0.154. The van der Waals surface area contributed by atoms with Gasteiger partial charge in [-0.2, -0.15) is 0 Å². The van der Waals surface area contributed by atoms with Crippen LogP contribution in [0.25, 0.3) is 0 Å². The molecule has 1 rings (SSSR count). The molecule has 0 aromatic heterocycles. The summed E-state index contributed by atoms with van der Waals surface area (Å²) < 4.78 is 5.21. The molecule has 96 valence electrons. The van der Waals surface area contributed by atoms with E-state index in [9.17, 15) is 0 Å². The predicted octanol–water partition coefficient (Wildman–Crippen LogP) is 1.88. The number of nitrogens with zero attached hydrogens (tertiary/aromatic N) is 1. The molecule has 16 heavy (non-hydrogen) atoms. The molecule has 0 spiro atoms. The molecular weight excluding hydrogens is 200 g/mol. The Bertz CT molecular complexity index is 169. The van der Waals surface area contributed by atoms with Crippen LogP contribution >= 0.6 is 0 Å². The van der Waals surface area contributed by atoms with Crippen LogP contribution < -0.4 is 5.32 Å². The molecule has 1 aliphatic rings. The highest BCUT2D eigenvalue weighted by Gasteiger charge is 2.20. The van der Waals surface area contributed by atoms with Gasteiger partial charge in [0.1, 0.15) is 0 Å². The van der Waals surface area contributed by atoms with Crippen molar-refractivity contribution < 1.29 is 4.74 Å². The van der Waals surface area contributed by atoms with Gasteiger partial charge in [0.05, 0.1) is 6.61 Å². The predicted molar refractivity (Wildman–Crippen MR) is 68.8 cm³/mol. The highest BCUT2D eigenvalue weighted by atomic mass is 16.5. The van der Waals surface area contributed by atoms with Gasteiger partial charge in [0.2, 0.25) is 0 Å².